The van der Waals surface area contributed by atoms with Crippen LogP contribution in [0, 0.1) is 5.92 Å². The van der Waals surface area contributed by atoms with E-state index < -0.39 is 0 Å². The molecule has 0 radical (unpaired) electrons. The zero-order valence-corrected chi connectivity index (χ0v) is 8.97. The maximum atomic E-state index is 10.4. The van der Waals surface area contributed by atoms with Crippen molar-refractivity contribution in [3.05, 3.63) is 0 Å². The van der Waals surface area contributed by atoms with E-state index in [0.717, 1.165) is 12.3 Å². The van der Waals surface area contributed by atoms with Gasteiger partial charge in [0.2, 0.25) is 5.91 Å². The van der Waals surface area contributed by atoms with E-state index in [9.17, 15) is 4.79 Å². The Morgan fingerprint density at radius 3 is 2.54 bits per heavy atom. The van der Waals surface area contributed by atoms with E-state index in [2.05, 4.69) is 26.1 Å². The van der Waals surface area contributed by atoms with E-state index in [0.29, 0.717) is 19.0 Å². The first kappa shape index (κ1) is 12.4. The lowest BCUT2D eigenvalue weighted by atomic mass is 10.0. The van der Waals surface area contributed by atoms with Crippen molar-refractivity contribution in [2.24, 2.45) is 11.7 Å². The summed E-state index contributed by atoms with van der Waals surface area (Å²) in [7, 11) is 0. The van der Waals surface area contributed by atoms with Crippen molar-refractivity contribution in [1.82, 2.24) is 5.32 Å². The minimum atomic E-state index is -0.233. The van der Waals surface area contributed by atoms with Gasteiger partial charge in [0, 0.05) is 19.0 Å². The van der Waals surface area contributed by atoms with Crippen molar-refractivity contribution < 1.29 is 4.79 Å². The lowest BCUT2D eigenvalue weighted by molar-refractivity contribution is -0.117. The molecule has 0 fully saturated rings. The molecule has 2 unspecified atom stereocenters. The first-order valence-corrected chi connectivity index (χ1v) is 5.08. The Labute approximate surface area is 81.1 Å². The van der Waals surface area contributed by atoms with Gasteiger partial charge in [-0.3, -0.25) is 4.79 Å². The first-order chi connectivity index (χ1) is 6.06. The molecule has 78 valence electrons. The van der Waals surface area contributed by atoms with Crippen LogP contribution >= 0.6 is 0 Å². The molecular weight excluding hydrogens is 164 g/mol. The van der Waals surface area contributed by atoms with Crippen LogP contribution in [-0.4, -0.2) is 18.5 Å². The number of hydrogen-bond donors (Lipinski definition) is 2. The van der Waals surface area contributed by atoms with E-state index >= 15 is 0 Å². The Balaban J connectivity index is 3.39. The van der Waals surface area contributed by atoms with E-state index in [1.165, 1.54) is 6.42 Å². The van der Waals surface area contributed by atoms with Crippen LogP contribution in [0.3, 0.4) is 0 Å². The summed E-state index contributed by atoms with van der Waals surface area (Å²) in [5.74, 6) is 0.513. The lowest BCUT2D eigenvalue weighted by Crippen LogP contribution is -2.31. The molecule has 0 aromatic carbocycles. The van der Waals surface area contributed by atoms with Crippen LogP contribution < -0.4 is 11.1 Å². The molecule has 1 amide bonds. The number of rotatable bonds is 7. The summed E-state index contributed by atoms with van der Waals surface area (Å²) in [5, 5.41) is 3.28. The summed E-state index contributed by atoms with van der Waals surface area (Å²) in [6.45, 7) is 7.28. The zero-order valence-electron chi connectivity index (χ0n) is 8.97. The van der Waals surface area contributed by atoms with Gasteiger partial charge in [0.15, 0.2) is 0 Å². The zero-order chi connectivity index (χ0) is 10.3. The second-order valence-corrected chi connectivity index (χ2v) is 3.82. The van der Waals surface area contributed by atoms with Crippen molar-refractivity contribution in [1.29, 1.82) is 0 Å². The number of primary amides is 1. The fourth-order valence-electron chi connectivity index (χ4n) is 1.30. The van der Waals surface area contributed by atoms with Gasteiger partial charge in [-0.15, -0.1) is 0 Å². The van der Waals surface area contributed by atoms with E-state index in [1.54, 1.807) is 0 Å². The Kier molecular flexibility index (Phi) is 6.59. The molecule has 13 heavy (non-hydrogen) atoms. The number of nitrogens with one attached hydrogen (secondary N) is 1. The molecule has 0 aromatic heterocycles. The molecule has 0 aromatic rings. The molecule has 3 N–H and O–H groups in total. The molecule has 0 saturated heterocycles. The molecule has 0 rings (SSSR count). The maximum Gasteiger partial charge on any atom is 0.218 e. The predicted molar refractivity (Wildman–Crippen MR) is 55.3 cm³/mol. The highest BCUT2D eigenvalue weighted by atomic mass is 16.1. The van der Waals surface area contributed by atoms with Gasteiger partial charge in [-0.05, 0) is 19.3 Å². The molecule has 0 aliphatic heterocycles. The molecule has 0 bridgehead atoms. The third-order valence-electron chi connectivity index (χ3n) is 2.32. The van der Waals surface area contributed by atoms with Gasteiger partial charge in [-0.1, -0.05) is 20.3 Å². The van der Waals surface area contributed by atoms with Crippen LogP contribution in [0.15, 0.2) is 0 Å². The van der Waals surface area contributed by atoms with Gasteiger partial charge in [0.05, 0.1) is 0 Å². The molecule has 0 heterocycles. The fraction of sp³-hybridized carbons (Fsp3) is 0.900. The van der Waals surface area contributed by atoms with Crippen LogP contribution in [0.25, 0.3) is 0 Å². The average Bonchev–Trinajstić information content (AvgIpc) is 2.03. The average molecular weight is 186 g/mol. The minimum Gasteiger partial charge on any atom is -0.370 e. The number of carbonyl (C=O) groups is 1. The number of amides is 1. The monoisotopic (exact) mass is 186 g/mol. The molecule has 0 aliphatic rings. The highest BCUT2D eigenvalue weighted by molar-refractivity contribution is 5.73. The van der Waals surface area contributed by atoms with Gasteiger partial charge in [-0.2, -0.15) is 0 Å². The Morgan fingerprint density at radius 1 is 1.46 bits per heavy atom. The van der Waals surface area contributed by atoms with Gasteiger partial charge in [0.25, 0.3) is 0 Å². The van der Waals surface area contributed by atoms with Gasteiger partial charge in [0.1, 0.15) is 0 Å². The molecule has 2 atom stereocenters. The Morgan fingerprint density at radius 2 is 2.08 bits per heavy atom. The van der Waals surface area contributed by atoms with Crippen molar-refractivity contribution in [2.45, 2.75) is 46.1 Å². The minimum absolute atomic E-state index is 0.233. The van der Waals surface area contributed by atoms with Gasteiger partial charge >= 0.3 is 0 Å². The molecular formula is C10H22N2O. The normalized spacial score (nSPS) is 15.3. The molecule has 0 aliphatic carbocycles. The van der Waals surface area contributed by atoms with Crippen molar-refractivity contribution in [3.8, 4) is 0 Å². The quantitative estimate of drug-likeness (QED) is 0.629. The number of carbonyl (C=O) groups excluding carboxylic acids is 1. The second-order valence-electron chi connectivity index (χ2n) is 3.82. The van der Waals surface area contributed by atoms with Crippen LogP contribution in [-0.2, 0) is 4.79 Å². The third kappa shape index (κ3) is 7.78. The molecule has 3 nitrogen and oxygen atoms in total. The summed E-state index contributed by atoms with van der Waals surface area (Å²) < 4.78 is 0. The maximum absolute atomic E-state index is 10.4. The van der Waals surface area contributed by atoms with Crippen molar-refractivity contribution in [3.63, 3.8) is 0 Å². The summed E-state index contributed by atoms with van der Waals surface area (Å²) in [4.78, 5) is 10.4. The van der Waals surface area contributed by atoms with Gasteiger partial charge in [-0.25, -0.2) is 0 Å². The van der Waals surface area contributed by atoms with E-state index in [-0.39, 0.29) is 5.91 Å². The molecule has 0 spiro atoms. The largest absolute Gasteiger partial charge is 0.370 e. The Hall–Kier alpha value is -0.570. The summed E-state index contributed by atoms with van der Waals surface area (Å²) >= 11 is 0. The van der Waals surface area contributed by atoms with Crippen LogP contribution in [0.1, 0.15) is 40.0 Å². The fourth-order valence-corrected chi connectivity index (χ4v) is 1.30. The Bertz CT molecular complexity index is 148. The van der Waals surface area contributed by atoms with E-state index in [1.807, 2.05) is 0 Å². The van der Waals surface area contributed by atoms with Crippen LogP contribution in [0.2, 0.25) is 0 Å². The molecule has 3 heteroatoms. The van der Waals surface area contributed by atoms with Crippen molar-refractivity contribution in [2.75, 3.05) is 6.54 Å². The lowest BCUT2D eigenvalue weighted by Gasteiger charge is -2.16. The summed E-state index contributed by atoms with van der Waals surface area (Å²) in [5.41, 5.74) is 5.03. The SMILES string of the molecule is CCC(C)CC(C)NCCC(N)=O. The number of hydrogen-bond acceptors (Lipinski definition) is 2. The highest BCUT2D eigenvalue weighted by Crippen LogP contribution is 2.08. The van der Waals surface area contributed by atoms with Gasteiger partial charge < -0.3 is 11.1 Å². The standard InChI is InChI=1S/C10H22N2O/c1-4-8(2)7-9(3)12-6-5-10(11)13/h8-9,12H,4-7H2,1-3H3,(H2,11,13). The van der Waals surface area contributed by atoms with Crippen LogP contribution in [0.5, 0.6) is 0 Å². The van der Waals surface area contributed by atoms with Crippen LogP contribution in [0.4, 0.5) is 0 Å². The third-order valence-corrected chi connectivity index (χ3v) is 2.32. The topological polar surface area (TPSA) is 55.1 Å². The van der Waals surface area contributed by atoms with Crippen molar-refractivity contribution >= 4 is 5.91 Å². The first-order valence-electron chi connectivity index (χ1n) is 5.08. The number of nitrogens with two attached hydrogens (primary N) is 1. The second kappa shape index (κ2) is 6.89. The summed E-state index contributed by atoms with van der Waals surface area (Å²) in [6.07, 6.45) is 2.81. The molecule has 0 saturated carbocycles. The smallest absolute Gasteiger partial charge is 0.218 e. The van der Waals surface area contributed by atoms with E-state index in [4.69, 9.17) is 5.73 Å². The predicted octanol–water partition coefficient (Wildman–Crippen LogP) is 1.28. The highest BCUT2D eigenvalue weighted by Gasteiger charge is 2.06. The summed E-state index contributed by atoms with van der Waals surface area (Å²) in [6, 6.07) is 0.481.